The monoisotopic (exact) mass is 554 g/mol. The lowest BCUT2D eigenvalue weighted by Crippen LogP contribution is -2.70. The van der Waals surface area contributed by atoms with Gasteiger partial charge in [0.05, 0.1) is 6.57 Å². The van der Waals surface area contributed by atoms with E-state index < -0.39 is 39.5 Å². The Bertz CT molecular complexity index is 1300. The van der Waals surface area contributed by atoms with Gasteiger partial charge in [0.2, 0.25) is 5.70 Å². The first-order chi connectivity index (χ1) is 18.2. The van der Waals surface area contributed by atoms with Gasteiger partial charge >= 0.3 is 5.92 Å². The van der Waals surface area contributed by atoms with E-state index in [-0.39, 0.29) is 39.9 Å². The molecule has 0 unspecified atom stereocenters. The molecule has 0 aromatic rings. The van der Waals surface area contributed by atoms with E-state index in [0.29, 0.717) is 32.6 Å². The number of allylic oxidation sites excluding steroid dienone is 4. The van der Waals surface area contributed by atoms with Crippen molar-refractivity contribution in [2.45, 2.75) is 112 Å². The predicted molar refractivity (Wildman–Crippen MR) is 149 cm³/mol. The topological polar surface area (TPSA) is 67.6 Å². The summed E-state index contributed by atoms with van der Waals surface area (Å²) in [6, 6.07) is 0. The first-order valence-electron chi connectivity index (χ1n) is 14.8. The summed E-state index contributed by atoms with van der Waals surface area (Å²) in [4.78, 5) is 44.0. The summed E-state index contributed by atoms with van der Waals surface area (Å²) in [7, 11) is 0. The first-order valence-corrected chi connectivity index (χ1v) is 14.8. The first kappa shape index (κ1) is 29.1. The van der Waals surface area contributed by atoms with Gasteiger partial charge in [0.25, 0.3) is 5.91 Å². The fraction of sp³-hybridized carbons (Fsp3) is 0.758. The van der Waals surface area contributed by atoms with Crippen LogP contribution in [0.25, 0.3) is 4.85 Å². The molecule has 0 spiro atoms. The van der Waals surface area contributed by atoms with Gasteiger partial charge in [0.1, 0.15) is 0 Å². The van der Waals surface area contributed by atoms with Crippen molar-refractivity contribution in [3.63, 3.8) is 0 Å². The predicted octanol–water partition coefficient (Wildman–Crippen LogP) is 7.08. The van der Waals surface area contributed by atoms with Gasteiger partial charge in [-0.05, 0) is 79.1 Å². The molecule has 0 aromatic carbocycles. The zero-order valence-corrected chi connectivity index (χ0v) is 25.3. The van der Waals surface area contributed by atoms with Crippen molar-refractivity contribution in [1.82, 2.24) is 5.32 Å². The molecule has 7 atom stereocenters. The van der Waals surface area contributed by atoms with E-state index >= 15 is 0 Å². The Morgan fingerprint density at radius 1 is 1.02 bits per heavy atom. The third-order valence-corrected chi connectivity index (χ3v) is 12.6. The number of ketones is 2. The van der Waals surface area contributed by atoms with Crippen molar-refractivity contribution in [3.05, 3.63) is 34.8 Å². The van der Waals surface area contributed by atoms with Crippen LogP contribution in [0.5, 0.6) is 0 Å². The third kappa shape index (κ3) is 3.69. The molecule has 5 aliphatic rings. The molecule has 40 heavy (non-hydrogen) atoms. The molecule has 0 saturated heterocycles. The van der Waals surface area contributed by atoms with Crippen LogP contribution in [-0.4, -0.2) is 28.9 Å². The standard InChI is InChI=1S/C33H44F2N2O3/c1-27(2)12-14-33(37-26(40)32(8,34)35)15-13-31(7)24(19(33)17-27)21(38)16-23-29(5)18-20(36-9)25(39)28(3,4)22(29)10-11-30(23,31)6/h16,18-19,22,24H,10-15,17H2,1-8H3,(H,37,40)/t19-,22-,24-,29-,30+,31+,33-/m0/s1. The zero-order chi connectivity index (χ0) is 29.9. The van der Waals surface area contributed by atoms with Crippen LogP contribution < -0.4 is 5.32 Å². The van der Waals surface area contributed by atoms with Gasteiger partial charge in [0.15, 0.2) is 11.6 Å². The van der Waals surface area contributed by atoms with Gasteiger partial charge in [-0.15, -0.1) is 0 Å². The van der Waals surface area contributed by atoms with Crippen LogP contribution in [-0.2, 0) is 14.4 Å². The van der Waals surface area contributed by atoms with E-state index in [9.17, 15) is 23.2 Å². The molecule has 1 N–H and O–H groups in total. The summed E-state index contributed by atoms with van der Waals surface area (Å²) in [5.41, 5.74) is -1.96. The highest BCUT2D eigenvalue weighted by molar-refractivity contribution is 6.03. The Hall–Kier alpha value is -2.36. The molecule has 0 aliphatic heterocycles. The third-order valence-electron chi connectivity index (χ3n) is 12.6. The van der Waals surface area contributed by atoms with Crippen LogP contribution in [0.4, 0.5) is 8.78 Å². The van der Waals surface area contributed by atoms with Crippen molar-refractivity contribution < 1.29 is 23.2 Å². The van der Waals surface area contributed by atoms with Crippen molar-refractivity contribution in [2.24, 2.45) is 44.8 Å². The minimum atomic E-state index is -3.49. The quantitative estimate of drug-likeness (QED) is 0.371. The molecule has 3 saturated carbocycles. The van der Waals surface area contributed by atoms with Crippen LogP contribution in [0.2, 0.25) is 0 Å². The van der Waals surface area contributed by atoms with E-state index in [1.165, 1.54) is 0 Å². The molecule has 218 valence electrons. The maximum atomic E-state index is 14.4. The number of hydrogen-bond acceptors (Lipinski definition) is 3. The number of fused-ring (bicyclic) bond motifs is 7. The fourth-order valence-corrected chi connectivity index (χ4v) is 10.2. The van der Waals surface area contributed by atoms with E-state index in [1.807, 2.05) is 19.9 Å². The van der Waals surface area contributed by atoms with Crippen molar-refractivity contribution in [3.8, 4) is 0 Å². The summed E-state index contributed by atoms with van der Waals surface area (Å²) in [5.74, 6) is -5.59. The highest BCUT2D eigenvalue weighted by atomic mass is 19.3. The number of carbonyl (C=O) groups is 3. The fourth-order valence-electron chi connectivity index (χ4n) is 10.2. The van der Waals surface area contributed by atoms with Gasteiger partial charge in [0, 0.05) is 29.2 Å². The maximum absolute atomic E-state index is 14.4. The summed E-state index contributed by atoms with van der Waals surface area (Å²) >= 11 is 0. The zero-order valence-electron chi connectivity index (χ0n) is 25.3. The second-order valence-corrected chi connectivity index (χ2v) is 15.7. The Balaban J connectivity index is 1.67. The number of nitrogens with zero attached hydrogens (tertiary/aromatic N) is 1. The van der Waals surface area contributed by atoms with Crippen LogP contribution in [0, 0.1) is 51.4 Å². The Labute approximate surface area is 237 Å². The number of hydrogen-bond donors (Lipinski definition) is 1. The highest BCUT2D eigenvalue weighted by Crippen LogP contribution is 2.73. The molecule has 0 heterocycles. The maximum Gasteiger partial charge on any atom is 0.321 e. The molecule has 5 aliphatic carbocycles. The normalized spacial score (nSPS) is 43.6. The lowest BCUT2D eigenvalue weighted by Gasteiger charge is -2.69. The molecule has 3 fully saturated rings. The second kappa shape index (κ2) is 8.35. The molecule has 5 nitrogen and oxygen atoms in total. The minimum Gasteiger partial charge on any atom is -0.345 e. The molecule has 1 amide bonds. The number of halogens is 2. The number of rotatable bonds is 2. The van der Waals surface area contributed by atoms with Crippen LogP contribution >= 0.6 is 0 Å². The SMILES string of the molecule is [C-]#[N+]C1=C[C@]2(C)C3=CC(=O)[C@@H]4[C@@H]5CC(C)(C)CC[C@]5(NC(=O)C(C)(F)F)CC[C@@]4(C)[C@]3(C)CC[C@H]2C(C)(C)C1=O. The largest absolute Gasteiger partial charge is 0.345 e. The molecule has 7 heteroatoms. The average Bonchev–Trinajstić information content (AvgIpc) is 2.83. The number of Topliss-reactive ketones (excluding diaryl/α,β-unsaturated/α-hetero) is 1. The van der Waals surface area contributed by atoms with Gasteiger partial charge in [-0.2, -0.15) is 8.78 Å². The summed E-state index contributed by atoms with van der Waals surface area (Å²) in [6.45, 7) is 23.1. The highest BCUT2D eigenvalue weighted by Gasteiger charge is 2.70. The van der Waals surface area contributed by atoms with Gasteiger partial charge in [-0.3, -0.25) is 9.59 Å². The molecule has 0 bridgehead atoms. The number of carbonyl (C=O) groups excluding carboxylic acids is 3. The van der Waals surface area contributed by atoms with E-state index in [4.69, 9.17) is 6.57 Å². The second-order valence-electron chi connectivity index (χ2n) is 15.7. The summed E-state index contributed by atoms with van der Waals surface area (Å²) in [5, 5.41) is 2.81. The van der Waals surface area contributed by atoms with Crippen LogP contribution in [0.1, 0.15) is 100 Å². The number of amides is 1. The average molecular weight is 555 g/mol. The molecular formula is C33H44F2N2O3. The Morgan fingerprint density at radius 3 is 2.25 bits per heavy atom. The lowest BCUT2D eigenvalue weighted by molar-refractivity contribution is -0.168. The van der Waals surface area contributed by atoms with E-state index in [2.05, 4.69) is 44.8 Å². The van der Waals surface area contributed by atoms with E-state index in [1.54, 1.807) is 6.08 Å². The van der Waals surface area contributed by atoms with E-state index in [0.717, 1.165) is 24.8 Å². The van der Waals surface area contributed by atoms with Crippen molar-refractivity contribution in [1.29, 1.82) is 0 Å². The van der Waals surface area contributed by atoms with Gasteiger partial charge in [-0.1, -0.05) is 60.1 Å². The Kier molecular flexibility index (Phi) is 6.09. The van der Waals surface area contributed by atoms with Crippen molar-refractivity contribution in [2.75, 3.05) is 0 Å². The van der Waals surface area contributed by atoms with Crippen LogP contribution in [0.15, 0.2) is 23.4 Å². The lowest BCUT2D eigenvalue weighted by atomic mass is 9.35. The smallest absolute Gasteiger partial charge is 0.321 e. The minimum absolute atomic E-state index is 0.00592. The molecule has 0 aromatic heterocycles. The Morgan fingerprint density at radius 2 is 1.65 bits per heavy atom. The number of nitrogens with one attached hydrogen (secondary N) is 1. The molecular weight excluding hydrogens is 510 g/mol. The molecule has 0 radical (unpaired) electrons. The summed E-state index contributed by atoms with van der Waals surface area (Å²) in [6.07, 6.45) is 8.46. The van der Waals surface area contributed by atoms with Gasteiger partial charge in [-0.25, -0.2) is 4.85 Å². The number of alkyl halides is 2. The molecule has 5 rings (SSSR count). The summed E-state index contributed by atoms with van der Waals surface area (Å²) < 4.78 is 28.3. The van der Waals surface area contributed by atoms with Crippen LogP contribution in [0.3, 0.4) is 0 Å². The van der Waals surface area contributed by atoms with Crippen molar-refractivity contribution >= 4 is 17.5 Å². The van der Waals surface area contributed by atoms with Gasteiger partial charge < -0.3 is 10.1 Å².